The molecule has 2 rings (SSSR count). The normalized spacial score (nSPS) is 10.2. The number of aryl methyl sites for hydroxylation is 1. The third kappa shape index (κ3) is 3.79. The Bertz CT molecular complexity index is 655. The summed E-state index contributed by atoms with van der Waals surface area (Å²) in [6, 6.07) is 4.49. The van der Waals surface area contributed by atoms with Crippen LogP contribution < -0.4 is 5.32 Å². The number of nitrogens with zero attached hydrogens (tertiary/aromatic N) is 2. The highest BCUT2D eigenvalue weighted by atomic mass is 32.1. The van der Waals surface area contributed by atoms with Gasteiger partial charge in [0, 0.05) is 12.4 Å². The Morgan fingerprint density at radius 3 is 2.81 bits per heavy atom. The number of hydrogen-bond donors (Lipinski definition) is 2. The Labute approximate surface area is 126 Å². The lowest BCUT2D eigenvalue weighted by atomic mass is 10.1. The van der Waals surface area contributed by atoms with E-state index < -0.39 is 5.97 Å². The highest BCUT2D eigenvalue weighted by Gasteiger charge is 2.15. The number of nitrogens with one attached hydrogen (secondary N) is 1. The van der Waals surface area contributed by atoms with Crippen molar-refractivity contribution < 1.29 is 14.7 Å². The van der Waals surface area contributed by atoms with Crippen LogP contribution in [0.3, 0.4) is 0 Å². The number of amides is 2. The van der Waals surface area contributed by atoms with E-state index in [2.05, 4.69) is 10.3 Å². The molecule has 0 bridgehead atoms. The lowest BCUT2D eigenvalue weighted by molar-refractivity contribution is 0.0698. The molecule has 6 nitrogen and oxygen atoms in total. The average Bonchev–Trinajstić information content (AvgIpc) is 2.93. The second-order valence-electron chi connectivity index (χ2n) is 4.62. The summed E-state index contributed by atoms with van der Waals surface area (Å²) < 4.78 is 0. The number of carbonyl (C=O) groups is 2. The van der Waals surface area contributed by atoms with Gasteiger partial charge in [-0.05, 0) is 19.1 Å². The van der Waals surface area contributed by atoms with Gasteiger partial charge in [-0.2, -0.15) is 0 Å². The fourth-order valence-electron chi connectivity index (χ4n) is 1.79. The van der Waals surface area contributed by atoms with Crippen LogP contribution >= 0.6 is 11.3 Å². The Morgan fingerprint density at radius 2 is 2.19 bits per heavy atom. The van der Waals surface area contributed by atoms with E-state index in [-0.39, 0.29) is 17.3 Å². The van der Waals surface area contributed by atoms with E-state index in [4.69, 9.17) is 0 Å². The fourth-order valence-corrected chi connectivity index (χ4v) is 2.33. The summed E-state index contributed by atoms with van der Waals surface area (Å²) in [6.07, 6.45) is 0. The van der Waals surface area contributed by atoms with Crippen LogP contribution in [0.15, 0.2) is 29.1 Å². The number of aromatic nitrogens is 1. The third-order valence-corrected chi connectivity index (χ3v) is 3.51. The van der Waals surface area contributed by atoms with Gasteiger partial charge in [0.1, 0.15) is 0 Å². The number of anilines is 1. The SMILES string of the molecule is Cc1ccc(NC(=O)N(C)Cc2cscn2)c(C(=O)O)c1. The molecule has 21 heavy (non-hydrogen) atoms. The molecule has 0 saturated carbocycles. The summed E-state index contributed by atoms with van der Waals surface area (Å²) in [4.78, 5) is 28.9. The minimum atomic E-state index is -1.07. The Hall–Kier alpha value is -2.41. The molecule has 1 heterocycles. The highest BCUT2D eigenvalue weighted by Crippen LogP contribution is 2.18. The van der Waals surface area contributed by atoms with Crippen LogP contribution in [0.5, 0.6) is 0 Å². The summed E-state index contributed by atoms with van der Waals surface area (Å²) >= 11 is 1.46. The zero-order valence-corrected chi connectivity index (χ0v) is 12.5. The molecule has 0 aliphatic heterocycles. The summed E-state index contributed by atoms with van der Waals surface area (Å²) in [5.41, 5.74) is 3.67. The second kappa shape index (κ2) is 6.36. The molecule has 0 aliphatic carbocycles. The fraction of sp³-hybridized carbons (Fsp3) is 0.214. The van der Waals surface area contributed by atoms with Gasteiger partial charge in [0.05, 0.1) is 29.0 Å². The van der Waals surface area contributed by atoms with Gasteiger partial charge in [-0.1, -0.05) is 11.6 Å². The number of rotatable bonds is 4. The van der Waals surface area contributed by atoms with Crippen molar-refractivity contribution in [2.75, 3.05) is 12.4 Å². The number of carboxylic acids is 1. The van der Waals surface area contributed by atoms with Gasteiger partial charge >= 0.3 is 12.0 Å². The molecule has 2 N–H and O–H groups in total. The maximum atomic E-state index is 12.1. The van der Waals surface area contributed by atoms with Crippen LogP contribution in [-0.2, 0) is 6.54 Å². The summed E-state index contributed by atoms with van der Waals surface area (Å²) in [5.74, 6) is -1.07. The van der Waals surface area contributed by atoms with Crippen molar-refractivity contribution in [3.63, 3.8) is 0 Å². The van der Waals surface area contributed by atoms with E-state index in [0.29, 0.717) is 6.54 Å². The van der Waals surface area contributed by atoms with Crippen molar-refractivity contribution in [2.24, 2.45) is 0 Å². The highest BCUT2D eigenvalue weighted by molar-refractivity contribution is 7.07. The van der Waals surface area contributed by atoms with Gasteiger partial charge < -0.3 is 15.3 Å². The number of aromatic carboxylic acids is 1. The quantitative estimate of drug-likeness (QED) is 0.910. The number of carbonyl (C=O) groups excluding carboxylic acids is 1. The molecule has 0 saturated heterocycles. The van der Waals surface area contributed by atoms with Crippen molar-refractivity contribution in [3.05, 3.63) is 45.9 Å². The van der Waals surface area contributed by atoms with Gasteiger partial charge in [-0.3, -0.25) is 0 Å². The predicted octanol–water partition coefficient (Wildman–Crippen LogP) is 2.81. The topological polar surface area (TPSA) is 82.5 Å². The second-order valence-corrected chi connectivity index (χ2v) is 5.34. The number of benzene rings is 1. The molecule has 0 fully saturated rings. The van der Waals surface area contributed by atoms with Crippen molar-refractivity contribution in [2.45, 2.75) is 13.5 Å². The number of thiazole rings is 1. The van der Waals surface area contributed by atoms with Crippen LogP contribution in [0.4, 0.5) is 10.5 Å². The van der Waals surface area contributed by atoms with Crippen LogP contribution in [0.25, 0.3) is 0 Å². The van der Waals surface area contributed by atoms with E-state index in [1.165, 1.54) is 22.3 Å². The average molecular weight is 305 g/mol. The van der Waals surface area contributed by atoms with Gasteiger partial charge in [-0.15, -0.1) is 11.3 Å². The Morgan fingerprint density at radius 1 is 1.43 bits per heavy atom. The molecule has 110 valence electrons. The minimum Gasteiger partial charge on any atom is -0.478 e. The summed E-state index contributed by atoms with van der Waals surface area (Å²) in [7, 11) is 1.63. The third-order valence-electron chi connectivity index (χ3n) is 2.88. The van der Waals surface area contributed by atoms with E-state index >= 15 is 0 Å². The van der Waals surface area contributed by atoms with Gasteiger partial charge in [0.15, 0.2) is 0 Å². The van der Waals surface area contributed by atoms with Crippen molar-refractivity contribution >= 4 is 29.0 Å². The summed E-state index contributed by atoms with van der Waals surface area (Å²) in [5, 5.41) is 13.6. The van der Waals surface area contributed by atoms with Gasteiger partial charge in [0.25, 0.3) is 0 Å². The molecule has 0 aliphatic rings. The first-order chi connectivity index (χ1) is 9.97. The largest absolute Gasteiger partial charge is 0.478 e. The molecule has 0 atom stereocenters. The molecule has 2 amide bonds. The first kappa shape index (κ1) is 15.0. The zero-order chi connectivity index (χ0) is 15.4. The van der Waals surface area contributed by atoms with E-state index in [1.54, 1.807) is 31.6 Å². The number of hydrogen-bond acceptors (Lipinski definition) is 4. The number of urea groups is 1. The number of carboxylic acid groups (broad SMARTS) is 1. The van der Waals surface area contributed by atoms with Gasteiger partial charge in [0.2, 0.25) is 0 Å². The summed E-state index contributed by atoms with van der Waals surface area (Å²) in [6.45, 7) is 2.16. The van der Waals surface area contributed by atoms with Gasteiger partial charge in [-0.25, -0.2) is 14.6 Å². The van der Waals surface area contributed by atoms with E-state index in [0.717, 1.165) is 11.3 Å². The Balaban J connectivity index is 2.10. The maximum absolute atomic E-state index is 12.1. The first-order valence-electron chi connectivity index (χ1n) is 6.20. The molecular formula is C14H15N3O3S. The lowest BCUT2D eigenvalue weighted by Gasteiger charge is -2.18. The van der Waals surface area contributed by atoms with Crippen molar-refractivity contribution in [1.82, 2.24) is 9.88 Å². The van der Waals surface area contributed by atoms with Crippen LogP contribution in [0.2, 0.25) is 0 Å². The standard InChI is InChI=1S/C14H15N3O3S/c1-9-3-4-12(11(5-9)13(18)19)16-14(20)17(2)6-10-7-21-8-15-10/h3-5,7-8H,6H2,1-2H3,(H,16,20)(H,18,19). The van der Waals surface area contributed by atoms with Crippen molar-refractivity contribution in [1.29, 1.82) is 0 Å². The minimum absolute atomic E-state index is 0.0745. The monoisotopic (exact) mass is 305 g/mol. The smallest absolute Gasteiger partial charge is 0.337 e. The molecule has 0 spiro atoms. The molecule has 0 unspecified atom stereocenters. The molecule has 0 radical (unpaired) electrons. The molecule has 2 aromatic rings. The van der Waals surface area contributed by atoms with Crippen LogP contribution in [0, 0.1) is 6.92 Å². The Kier molecular flexibility index (Phi) is 4.54. The molecule has 7 heteroatoms. The van der Waals surface area contributed by atoms with Crippen LogP contribution in [-0.4, -0.2) is 34.0 Å². The zero-order valence-electron chi connectivity index (χ0n) is 11.7. The lowest BCUT2D eigenvalue weighted by Crippen LogP contribution is -2.31. The van der Waals surface area contributed by atoms with Crippen molar-refractivity contribution in [3.8, 4) is 0 Å². The van der Waals surface area contributed by atoms with E-state index in [9.17, 15) is 14.7 Å². The molecular weight excluding hydrogens is 290 g/mol. The maximum Gasteiger partial charge on any atom is 0.337 e. The first-order valence-corrected chi connectivity index (χ1v) is 7.15. The predicted molar refractivity (Wildman–Crippen MR) is 80.7 cm³/mol. The molecule has 1 aromatic heterocycles. The molecule has 1 aromatic carbocycles. The van der Waals surface area contributed by atoms with E-state index in [1.807, 2.05) is 5.38 Å². The van der Waals surface area contributed by atoms with Crippen LogP contribution in [0.1, 0.15) is 21.6 Å².